The van der Waals surface area contributed by atoms with E-state index >= 15 is 0 Å². The molecule has 0 spiro atoms. The van der Waals surface area contributed by atoms with Gasteiger partial charge in [-0.15, -0.1) is 5.75 Å². The summed E-state index contributed by atoms with van der Waals surface area (Å²) in [6, 6.07) is 6.65. The van der Waals surface area contributed by atoms with E-state index in [0.717, 1.165) is 5.56 Å². The molecule has 4 heteroatoms. The smallest absolute Gasteiger partial charge is 0.405 e. The highest BCUT2D eigenvalue weighted by molar-refractivity contribution is 5.65. The summed E-state index contributed by atoms with van der Waals surface area (Å²) in [7, 11) is 0. The molecule has 1 unspecified atom stereocenters. The van der Waals surface area contributed by atoms with E-state index in [1.807, 2.05) is 20.8 Å². The lowest BCUT2D eigenvalue weighted by atomic mass is 9.87. The van der Waals surface area contributed by atoms with E-state index in [2.05, 4.69) is 5.32 Å². The molecule has 0 fully saturated rings. The average molecular weight is 236 g/mol. The van der Waals surface area contributed by atoms with Crippen molar-refractivity contribution in [3.63, 3.8) is 0 Å². The van der Waals surface area contributed by atoms with Crippen LogP contribution in [-0.4, -0.2) is 16.7 Å². The van der Waals surface area contributed by atoms with Crippen LogP contribution in [-0.2, 0) is 0 Å². The fraction of sp³-hybridized carbons (Fsp3) is 0.462. The molecule has 2 N–H and O–H groups in total. The van der Waals surface area contributed by atoms with Crippen LogP contribution in [0.2, 0.25) is 0 Å². The van der Waals surface area contributed by atoms with Gasteiger partial charge in [0.05, 0.1) is 0 Å². The Morgan fingerprint density at radius 1 is 1.41 bits per heavy atom. The maximum absolute atomic E-state index is 11.0. The van der Waals surface area contributed by atoms with Crippen molar-refractivity contribution >= 4 is 6.09 Å². The maximum atomic E-state index is 11.0. The third-order valence-electron chi connectivity index (χ3n) is 2.71. The number of amides is 1. The molecule has 1 amide bonds. The molecule has 0 aliphatic rings. The summed E-state index contributed by atoms with van der Waals surface area (Å²) in [6.45, 7) is 5.71. The molecule has 0 saturated carbocycles. The van der Waals surface area contributed by atoms with Gasteiger partial charge in [-0.25, -0.2) is 4.79 Å². The van der Waals surface area contributed by atoms with Crippen molar-refractivity contribution in [2.45, 2.75) is 38.6 Å². The van der Waals surface area contributed by atoms with Crippen LogP contribution < -0.4 is 10.4 Å². The van der Waals surface area contributed by atoms with Gasteiger partial charge in [-0.1, -0.05) is 31.2 Å². The van der Waals surface area contributed by atoms with Crippen molar-refractivity contribution in [2.75, 3.05) is 0 Å². The Balaban J connectivity index is 2.68. The van der Waals surface area contributed by atoms with E-state index in [9.17, 15) is 9.90 Å². The summed E-state index contributed by atoms with van der Waals surface area (Å²) in [6.07, 6.45) is -0.338. The Morgan fingerprint density at radius 2 is 1.94 bits per heavy atom. The second-order valence-corrected chi connectivity index (χ2v) is 4.99. The third-order valence-corrected chi connectivity index (χ3v) is 2.71. The second-order valence-electron chi connectivity index (χ2n) is 4.99. The molecule has 0 aromatic heterocycles. The molecule has 1 atom stereocenters. The van der Waals surface area contributed by atoms with E-state index in [1.165, 1.54) is 12.1 Å². The van der Waals surface area contributed by atoms with Crippen LogP contribution in [0.5, 0.6) is 5.75 Å². The first-order valence-electron chi connectivity index (χ1n) is 5.58. The minimum absolute atomic E-state index is 0.0103. The van der Waals surface area contributed by atoms with Gasteiger partial charge in [-0.05, 0) is 31.7 Å². The van der Waals surface area contributed by atoms with E-state index in [1.54, 1.807) is 12.1 Å². The first kappa shape index (κ1) is 13.4. The van der Waals surface area contributed by atoms with Gasteiger partial charge in [0, 0.05) is 5.54 Å². The number of benzene rings is 1. The van der Waals surface area contributed by atoms with Crippen molar-refractivity contribution in [3.8, 4) is 5.75 Å². The molecule has 0 radical (unpaired) electrons. The molecular formula is C13H18NO3-. The molecule has 1 rings (SSSR count). The Bertz CT molecular complexity index is 384. The second kappa shape index (κ2) is 5.08. The number of hydrogen-bond donors (Lipinski definition) is 2. The molecule has 0 aliphatic heterocycles. The highest BCUT2D eigenvalue weighted by Crippen LogP contribution is 2.26. The van der Waals surface area contributed by atoms with Crippen LogP contribution >= 0.6 is 0 Å². The van der Waals surface area contributed by atoms with Crippen molar-refractivity contribution in [2.24, 2.45) is 0 Å². The van der Waals surface area contributed by atoms with E-state index in [4.69, 9.17) is 5.11 Å². The molecule has 1 aromatic carbocycles. The minimum Gasteiger partial charge on any atom is -0.872 e. The first-order valence-corrected chi connectivity index (χ1v) is 5.58. The largest absolute Gasteiger partial charge is 0.872 e. The lowest BCUT2D eigenvalue weighted by Crippen LogP contribution is -2.43. The number of hydrogen-bond acceptors (Lipinski definition) is 2. The summed E-state index contributed by atoms with van der Waals surface area (Å²) in [5.74, 6) is 0.182. The van der Waals surface area contributed by atoms with Crippen LogP contribution in [0.15, 0.2) is 24.3 Å². The van der Waals surface area contributed by atoms with Crippen LogP contribution in [0, 0.1) is 0 Å². The minimum atomic E-state index is -1.02. The molecule has 0 aliphatic carbocycles. The van der Waals surface area contributed by atoms with Gasteiger partial charge in [0.15, 0.2) is 0 Å². The molecular weight excluding hydrogens is 218 g/mol. The molecule has 0 bridgehead atoms. The van der Waals surface area contributed by atoms with Crippen LogP contribution in [0.1, 0.15) is 38.7 Å². The lowest BCUT2D eigenvalue weighted by Gasteiger charge is -2.28. The third kappa shape index (κ3) is 4.34. The van der Waals surface area contributed by atoms with Gasteiger partial charge >= 0.3 is 6.09 Å². The Kier molecular flexibility index (Phi) is 3.99. The van der Waals surface area contributed by atoms with Gasteiger partial charge in [-0.3, -0.25) is 0 Å². The van der Waals surface area contributed by atoms with Crippen LogP contribution in [0.3, 0.4) is 0 Å². The summed E-state index contributed by atoms with van der Waals surface area (Å²) in [4.78, 5) is 10.6. The van der Waals surface area contributed by atoms with Crippen molar-refractivity contribution < 1.29 is 15.0 Å². The standard InChI is InChI=1S/C13H19NO3/c1-9(8-13(2,3)14-12(16)17)10-4-6-11(15)7-5-10/h4-7,9,14-15H,8H2,1-3H3,(H,16,17)/p-1. The maximum Gasteiger partial charge on any atom is 0.405 e. The zero-order valence-corrected chi connectivity index (χ0v) is 10.4. The predicted molar refractivity (Wildman–Crippen MR) is 64.2 cm³/mol. The van der Waals surface area contributed by atoms with E-state index in [0.29, 0.717) is 6.42 Å². The van der Waals surface area contributed by atoms with Gasteiger partial charge in [0.2, 0.25) is 0 Å². The predicted octanol–water partition coefficient (Wildman–Crippen LogP) is 2.30. The quantitative estimate of drug-likeness (QED) is 0.842. The van der Waals surface area contributed by atoms with Gasteiger partial charge < -0.3 is 15.5 Å². The summed E-state index contributed by atoms with van der Waals surface area (Å²) in [5.41, 5.74) is 0.561. The molecule has 94 valence electrons. The fourth-order valence-corrected chi connectivity index (χ4v) is 2.02. The fourth-order valence-electron chi connectivity index (χ4n) is 2.02. The van der Waals surface area contributed by atoms with Crippen molar-refractivity contribution in [3.05, 3.63) is 29.8 Å². The van der Waals surface area contributed by atoms with Crippen LogP contribution in [0.25, 0.3) is 0 Å². The zero-order chi connectivity index (χ0) is 13.1. The van der Waals surface area contributed by atoms with Gasteiger partial charge in [-0.2, -0.15) is 0 Å². The first-order chi connectivity index (χ1) is 7.80. The lowest BCUT2D eigenvalue weighted by molar-refractivity contribution is -0.268. The molecule has 0 heterocycles. The molecule has 0 saturated heterocycles. The van der Waals surface area contributed by atoms with E-state index < -0.39 is 11.6 Å². The highest BCUT2D eigenvalue weighted by Gasteiger charge is 2.23. The molecule has 17 heavy (non-hydrogen) atoms. The zero-order valence-electron chi connectivity index (χ0n) is 10.4. The number of nitrogens with one attached hydrogen (secondary N) is 1. The Morgan fingerprint density at radius 3 is 2.41 bits per heavy atom. The van der Waals surface area contributed by atoms with E-state index in [-0.39, 0.29) is 11.7 Å². The summed E-state index contributed by atoms with van der Waals surface area (Å²) in [5, 5.41) is 22.2. The Labute approximate surface area is 101 Å². The summed E-state index contributed by atoms with van der Waals surface area (Å²) >= 11 is 0. The molecule has 4 nitrogen and oxygen atoms in total. The highest BCUT2D eigenvalue weighted by atomic mass is 16.4. The normalized spacial score (nSPS) is 13.1. The van der Waals surface area contributed by atoms with Gasteiger partial charge in [0.25, 0.3) is 0 Å². The van der Waals surface area contributed by atoms with Gasteiger partial charge in [0.1, 0.15) is 0 Å². The Hall–Kier alpha value is -1.71. The average Bonchev–Trinajstić information content (AvgIpc) is 2.15. The molecule has 1 aromatic rings. The number of carbonyl (C=O) groups is 1. The van der Waals surface area contributed by atoms with Crippen molar-refractivity contribution in [1.29, 1.82) is 0 Å². The topological polar surface area (TPSA) is 72.4 Å². The summed E-state index contributed by atoms with van der Waals surface area (Å²) < 4.78 is 0. The SMILES string of the molecule is CC(CC(C)(C)NC(=O)O)c1ccc([O-])cc1. The number of rotatable bonds is 4. The van der Waals surface area contributed by atoms with Crippen molar-refractivity contribution in [1.82, 2.24) is 5.32 Å². The van der Waals surface area contributed by atoms with Crippen LogP contribution in [0.4, 0.5) is 4.79 Å². The number of carboxylic acid groups (broad SMARTS) is 1. The monoisotopic (exact) mass is 236 g/mol.